The second kappa shape index (κ2) is 6.20. The Morgan fingerprint density at radius 1 is 1.38 bits per heavy atom. The third-order valence-electron chi connectivity index (χ3n) is 2.44. The van der Waals surface area contributed by atoms with Crippen LogP contribution >= 0.6 is 23.4 Å². The smallest absolute Gasteiger partial charge is 0.288 e. The number of nitrogens with zero attached hydrogens (tertiary/aromatic N) is 2. The maximum absolute atomic E-state index is 12.5. The summed E-state index contributed by atoms with van der Waals surface area (Å²) in [7, 11) is -2.52. The van der Waals surface area contributed by atoms with Gasteiger partial charge in [-0.3, -0.25) is 4.72 Å². The van der Waals surface area contributed by atoms with Gasteiger partial charge in [0.15, 0.2) is 0 Å². The molecule has 0 unspecified atom stereocenters. The van der Waals surface area contributed by atoms with Crippen molar-refractivity contribution in [2.45, 2.75) is 15.7 Å². The first-order chi connectivity index (χ1) is 9.81. The number of benzene rings is 1. The topological polar surface area (TPSA) is 64.0 Å². The van der Waals surface area contributed by atoms with Crippen LogP contribution in [0.5, 0.6) is 0 Å². The summed E-state index contributed by atoms with van der Waals surface area (Å²) in [6.07, 6.45) is 1.25. The normalized spacial score (nSPS) is 11.9. The molecule has 21 heavy (non-hydrogen) atoms. The molecule has 2 rings (SSSR count). The lowest BCUT2D eigenvalue weighted by Crippen LogP contribution is -2.14. The van der Waals surface area contributed by atoms with Crippen molar-refractivity contribution in [2.75, 3.05) is 4.72 Å². The highest BCUT2D eigenvalue weighted by molar-refractivity contribution is 7.99. The van der Waals surface area contributed by atoms with Crippen LogP contribution in [0.25, 0.3) is 0 Å². The average molecular weight is 354 g/mol. The number of sulfonamides is 1. The summed E-state index contributed by atoms with van der Waals surface area (Å²) >= 11 is 6.09. The number of rotatable bonds is 5. The van der Waals surface area contributed by atoms with Crippen LogP contribution in [0.1, 0.15) is 0 Å². The van der Waals surface area contributed by atoms with Crippen molar-refractivity contribution in [3.63, 3.8) is 0 Å². The van der Waals surface area contributed by atoms with E-state index in [2.05, 4.69) is 9.71 Å². The minimum absolute atomic E-state index is 0.0459. The van der Waals surface area contributed by atoms with Gasteiger partial charge < -0.3 is 4.57 Å². The Morgan fingerprint density at radius 2 is 2.05 bits per heavy atom. The Morgan fingerprint density at radius 3 is 2.62 bits per heavy atom. The minimum atomic E-state index is -4.05. The summed E-state index contributed by atoms with van der Waals surface area (Å²) in [5.41, 5.74) is 0.0459. The van der Waals surface area contributed by atoms with Crippen molar-refractivity contribution in [1.29, 1.82) is 0 Å². The Bertz CT molecular complexity index is 750. The van der Waals surface area contributed by atoms with Crippen molar-refractivity contribution in [2.24, 2.45) is 7.05 Å². The van der Waals surface area contributed by atoms with E-state index in [1.807, 2.05) is 0 Å². The molecular formula is C11H10ClF2N3O2S2. The molecule has 0 saturated heterocycles. The summed E-state index contributed by atoms with van der Waals surface area (Å²) < 4.78 is 52.9. The Hall–Kier alpha value is -1.32. The lowest BCUT2D eigenvalue weighted by Gasteiger charge is -2.11. The van der Waals surface area contributed by atoms with E-state index in [4.69, 9.17) is 11.6 Å². The zero-order valence-electron chi connectivity index (χ0n) is 10.6. The van der Waals surface area contributed by atoms with Gasteiger partial charge in [-0.15, -0.1) is 0 Å². The van der Waals surface area contributed by atoms with Crippen LogP contribution in [-0.2, 0) is 17.1 Å². The summed E-state index contributed by atoms with van der Waals surface area (Å²) in [5.74, 6) is -2.66. The van der Waals surface area contributed by atoms with Crippen molar-refractivity contribution in [3.8, 4) is 0 Å². The first-order valence-electron chi connectivity index (χ1n) is 5.55. The number of nitrogens with one attached hydrogen (secondary N) is 1. The van der Waals surface area contributed by atoms with Crippen LogP contribution in [0, 0.1) is 0 Å². The van der Waals surface area contributed by atoms with Gasteiger partial charge in [-0.2, -0.15) is 17.2 Å². The molecule has 1 heterocycles. The molecule has 0 amide bonds. The van der Waals surface area contributed by atoms with Crippen LogP contribution in [0.3, 0.4) is 0 Å². The van der Waals surface area contributed by atoms with Gasteiger partial charge >= 0.3 is 0 Å². The fourth-order valence-corrected chi connectivity index (χ4v) is 3.69. The molecule has 0 aliphatic rings. The number of aromatic nitrogens is 2. The predicted octanol–water partition coefficient (Wildman–Crippen LogP) is 3.19. The number of thioether (sulfide) groups is 1. The molecule has 0 aliphatic heterocycles. The number of aryl methyl sites for hydroxylation is 1. The molecule has 5 nitrogen and oxygen atoms in total. The maximum Gasteiger partial charge on any atom is 0.288 e. The highest BCUT2D eigenvalue weighted by Gasteiger charge is 2.23. The van der Waals surface area contributed by atoms with Gasteiger partial charge in [0, 0.05) is 11.9 Å². The number of imidazole rings is 1. The molecule has 1 aromatic heterocycles. The highest BCUT2D eigenvalue weighted by atomic mass is 35.5. The number of para-hydroxylation sites is 1. The monoisotopic (exact) mass is 353 g/mol. The number of hydrogen-bond acceptors (Lipinski definition) is 4. The van der Waals surface area contributed by atoms with Crippen LogP contribution in [0.15, 0.2) is 40.5 Å². The molecule has 0 aliphatic carbocycles. The number of alkyl halides is 2. The maximum atomic E-state index is 12.5. The summed E-state index contributed by atoms with van der Waals surface area (Å²) in [5, 5.41) is -0.426. The van der Waals surface area contributed by atoms with E-state index in [0.717, 1.165) is 0 Å². The van der Waals surface area contributed by atoms with E-state index >= 15 is 0 Å². The van der Waals surface area contributed by atoms with Gasteiger partial charge in [0.05, 0.1) is 12.0 Å². The van der Waals surface area contributed by atoms with E-state index in [9.17, 15) is 17.2 Å². The van der Waals surface area contributed by atoms with E-state index in [1.54, 1.807) is 0 Å². The summed E-state index contributed by atoms with van der Waals surface area (Å²) in [6, 6.07) is 5.86. The molecular weight excluding hydrogens is 344 g/mol. The van der Waals surface area contributed by atoms with E-state index < -0.39 is 15.8 Å². The molecule has 0 fully saturated rings. The Balaban J connectivity index is 2.35. The van der Waals surface area contributed by atoms with Crippen molar-refractivity contribution in [3.05, 3.63) is 35.7 Å². The highest BCUT2D eigenvalue weighted by Crippen LogP contribution is 2.33. The van der Waals surface area contributed by atoms with Gasteiger partial charge in [0.25, 0.3) is 15.8 Å². The molecule has 114 valence electrons. The quantitative estimate of drug-likeness (QED) is 0.838. The van der Waals surface area contributed by atoms with E-state index in [-0.39, 0.29) is 32.5 Å². The zero-order valence-corrected chi connectivity index (χ0v) is 13.0. The molecule has 0 spiro atoms. The predicted molar refractivity (Wildman–Crippen MR) is 77.3 cm³/mol. The van der Waals surface area contributed by atoms with Crippen LogP contribution < -0.4 is 4.72 Å². The summed E-state index contributed by atoms with van der Waals surface area (Å²) in [6.45, 7) is 0. The SMILES string of the molecule is Cn1cnc(S(=O)(=O)Nc2ccccc2SC(F)F)c1Cl. The first kappa shape index (κ1) is 16.1. The fraction of sp³-hybridized carbons (Fsp3) is 0.182. The van der Waals surface area contributed by atoms with Gasteiger partial charge in [0.1, 0.15) is 5.15 Å². The fourth-order valence-electron chi connectivity index (χ4n) is 1.52. The minimum Gasteiger partial charge on any atom is -0.324 e. The second-order valence-corrected chi connectivity index (χ2v) is 6.92. The largest absolute Gasteiger partial charge is 0.324 e. The van der Waals surface area contributed by atoms with E-state index in [1.165, 1.54) is 42.2 Å². The zero-order chi connectivity index (χ0) is 15.6. The third-order valence-corrected chi connectivity index (χ3v) is 5.08. The molecule has 2 aromatic rings. The van der Waals surface area contributed by atoms with Crippen LogP contribution in [-0.4, -0.2) is 23.7 Å². The number of anilines is 1. The molecule has 0 bridgehead atoms. The summed E-state index contributed by atoms with van der Waals surface area (Å²) in [4.78, 5) is 3.81. The number of hydrogen-bond donors (Lipinski definition) is 1. The first-order valence-corrected chi connectivity index (χ1v) is 8.29. The van der Waals surface area contributed by atoms with Crippen molar-refractivity contribution < 1.29 is 17.2 Å². The Kier molecular flexibility index (Phi) is 4.74. The van der Waals surface area contributed by atoms with Gasteiger partial charge in [-0.25, -0.2) is 4.98 Å². The lowest BCUT2D eigenvalue weighted by atomic mass is 10.3. The standard InChI is InChI=1S/C11H10ClF2N3O2S2/c1-17-6-15-10(9(17)12)21(18,19)16-7-4-2-3-5-8(7)20-11(13)14/h2-6,11,16H,1H3. The van der Waals surface area contributed by atoms with Crippen LogP contribution in [0.4, 0.5) is 14.5 Å². The molecule has 0 saturated carbocycles. The Labute approximate surface area is 129 Å². The van der Waals surface area contributed by atoms with Crippen LogP contribution in [0.2, 0.25) is 5.15 Å². The van der Waals surface area contributed by atoms with Gasteiger partial charge in [-0.05, 0) is 12.1 Å². The van der Waals surface area contributed by atoms with E-state index in [0.29, 0.717) is 0 Å². The third kappa shape index (κ3) is 3.66. The average Bonchev–Trinajstić information content (AvgIpc) is 2.72. The lowest BCUT2D eigenvalue weighted by molar-refractivity contribution is 0.252. The van der Waals surface area contributed by atoms with Crippen molar-refractivity contribution >= 4 is 39.1 Å². The molecule has 10 heteroatoms. The van der Waals surface area contributed by atoms with Gasteiger partial charge in [-0.1, -0.05) is 35.5 Å². The second-order valence-electron chi connectivity index (χ2n) is 3.93. The molecule has 1 aromatic carbocycles. The molecule has 1 N–H and O–H groups in total. The number of halogens is 3. The molecule has 0 radical (unpaired) electrons. The molecule has 0 atom stereocenters. The van der Waals surface area contributed by atoms with Gasteiger partial charge in [0.2, 0.25) is 5.03 Å². The van der Waals surface area contributed by atoms with Crippen molar-refractivity contribution in [1.82, 2.24) is 9.55 Å².